The van der Waals surface area contributed by atoms with Crippen molar-refractivity contribution >= 4 is 15.9 Å². The molecule has 0 atom stereocenters. The molecule has 0 unspecified atom stereocenters. The Bertz CT molecular complexity index is 364. The third-order valence-corrected chi connectivity index (χ3v) is 3.90. The number of nitrogens with one attached hydrogen (secondary N) is 1. The predicted octanol–water partition coefficient (Wildman–Crippen LogP) is 2.77. The first-order valence-electron chi connectivity index (χ1n) is 6.13. The van der Waals surface area contributed by atoms with Crippen molar-refractivity contribution in [1.82, 2.24) is 10.2 Å². The molecule has 1 aliphatic rings. The zero-order valence-electron chi connectivity index (χ0n) is 9.88. The Balaban J connectivity index is 1.72. The number of hydrogen-bond donors (Lipinski definition) is 1. The molecule has 0 radical (unpaired) electrons. The largest absolute Gasteiger partial charge is 0.311 e. The Morgan fingerprint density at radius 3 is 2.82 bits per heavy atom. The minimum Gasteiger partial charge on any atom is -0.311 e. The molecular weight excluding hydrogens is 283 g/mol. The summed E-state index contributed by atoms with van der Waals surface area (Å²) in [4.78, 5) is 2.47. The summed E-state index contributed by atoms with van der Waals surface area (Å²) in [5, 5.41) is 3.36. The zero-order valence-corrected chi connectivity index (χ0v) is 11.5. The van der Waals surface area contributed by atoms with E-state index in [9.17, 15) is 4.39 Å². The van der Waals surface area contributed by atoms with E-state index in [-0.39, 0.29) is 5.82 Å². The molecule has 1 fully saturated rings. The van der Waals surface area contributed by atoms with Gasteiger partial charge < -0.3 is 10.2 Å². The van der Waals surface area contributed by atoms with Gasteiger partial charge in [0.05, 0.1) is 0 Å². The summed E-state index contributed by atoms with van der Waals surface area (Å²) in [5.74, 6) is -0.176. The highest BCUT2D eigenvalue weighted by atomic mass is 79.9. The SMILES string of the molecule is Fc1ccc(Br)c(CNCCN2CCCC2)c1. The van der Waals surface area contributed by atoms with Gasteiger partial charge in [-0.25, -0.2) is 4.39 Å². The van der Waals surface area contributed by atoms with Crippen LogP contribution < -0.4 is 5.32 Å². The maximum absolute atomic E-state index is 13.0. The summed E-state index contributed by atoms with van der Waals surface area (Å²) in [6, 6.07) is 4.80. The summed E-state index contributed by atoms with van der Waals surface area (Å²) >= 11 is 3.43. The van der Waals surface area contributed by atoms with Crippen molar-refractivity contribution in [2.75, 3.05) is 26.2 Å². The molecule has 94 valence electrons. The average molecular weight is 301 g/mol. The van der Waals surface area contributed by atoms with E-state index in [2.05, 4.69) is 26.1 Å². The molecule has 0 bridgehead atoms. The molecule has 1 aromatic carbocycles. The van der Waals surface area contributed by atoms with Gasteiger partial charge in [-0.05, 0) is 49.7 Å². The van der Waals surface area contributed by atoms with Crippen molar-refractivity contribution in [1.29, 1.82) is 0 Å². The summed E-state index contributed by atoms with van der Waals surface area (Å²) in [6.45, 7) is 5.22. The van der Waals surface area contributed by atoms with E-state index in [0.717, 1.165) is 23.1 Å². The van der Waals surface area contributed by atoms with Gasteiger partial charge in [-0.2, -0.15) is 0 Å². The van der Waals surface area contributed by atoms with Crippen molar-refractivity contribution in [2.45, 2.75) is 19.4 Å². The van der Waals surface area contributed by atoms with Crippen LogP contribution in [-0.4, -0.2) is 31.1 Å². The molecule has 1 saturated heterocycles. The molecular formula is C13H18BrFN2. The van der Waals surface area contributed by atoms with Crippen molar-refractivity contribution < 1.29 is 4.39 Å². The Kier molecular flexibility index (Phi) is 4.95. The molecule has 0 spiro atoms. The van der Waals surface area contributed by atoms with Crippen LogP contribution in [0.5, 0.6) is 0 Å². The lowest BCUT2D eigenvalue weighted by Crippen LogP contribution is -2.29. The molecule has 17 heavy (non-hydrogen) atoms. The van der Waals surface area contributed by atoms with Crippen LogP contribution in [0.4, 0.5) is 4.39 Å². The van der Waals surface area contributed by atoms with Gasteiger partial charge in [0.25, 0.3) is 0 Å². The quantitative estimate of drug-likeness (QED) is 0.841. The van der Waals surface area contributed by atoms with Crippen LogP contribution in [0.2, 0.25) is 0 Å². The number of rotatable bonds is 5. The fraction of sp³-hybridized carbons (Fsp3) is 0.538. The number of nitrogens with zero attached hydrogens (tertiary/aromatic N) is 1. The lowest BCUT2D eigenvalue weighted by atomic mass is 10.2. The van der Waals surface area contributed by atoms with E-state index < -0.39 is 0 Å². The van der Waals surface area contributed by atoms with E-state index in [1.54, 1.807) is 12.1 Å². The number of halogens is 2. The van der Waals surface area contributed by atoms with Gasteiger partial charge in [-0.1, -0.05) is 15.9 Å². The minimum atomic E-state index is -0.176. The second kappa shape index (κ2) is 6.47. The van der Waals surface area contributed by atoms with Crippen molar-refractivity contribution in [3.8, 4) is 0 Å². The molecule has 0 aliphatic carbocycles. The molecule has 1 aromatic rings. The predicted molar refractivity (Wildman–Crippen MR) is 71.5 cm³/mol. The molecule has 1 aliphatic heterocycles. The number of likely N-dealkylation sites (tertiary alicyclic amines) is 1. The highest BCUT2D eigenvalue weighted by molar-refractivity contribution is 9.10. The first-order chi connectivity index (χ1) is 8.25. The summed E-state index contributed by atoms with van der Waals surface area (Å²) in [5.41, 5.74) is 0.978. The topological polar surface area (TPSA) is 15.3 Å². The van der Waals surface area contributed by atoms with Crippen molar-refractivity contribution in [2.24, 2.45) is 0 Å². The third kappa shape index (κ3) is 4.05. The normalized spacial score (nSPS) is 16.6. The standard InChI is InChI=1S/C13H18BrFN2/c14-13-4-3-12(15)9-11(13)10-16-5-8-17-6-1-2-7-17/h3-4,9,16H,1-2,5-8,10H2. The van der Waals surface area contributed by atoms with Crippen molar-refractivity contribution in [3.05, 3.63) is 34.1 Å². The maximum atomic E-state index is 13.0. The molecule has 0 aromatic heterocycles. The highest BCUT2D eigenvalue weighted by Crippen LogP contribution is 2.17. The van der Waals surface area contributed by atoms with E-state index in [1.165, 1.54) is 32.0 Å². The second-order valence-corrected chi connectivity index (χ2v) is 5.32. The molecule has 1 N–H and O–H groups in total. The smallest absolute Gasteiger partial charge is 0.123 e. The van der Waals surface area contributed by atoms with E-state index >= 15 is 0 Å². The molecule has 2 nitrogen and oxygen atoms in total. The third-order valence-electron chi connectivity index (χ3n) is 3.13. The lowest BCUT2D eigenvalue weighted by molar-refractivity contribution is 0.335. The van der Waals surface area contributed by atoms with Gasteiger partial charge in [0.1, 0.15) is 5.82 Å². The van der Waals surface area contributed by atoms with Gasteiger partial charge in [0.2, 0.25) is 0 Å². The summed E-state index contributed by atoms with van der Waals surface area (Å²) in [7, 11) is 0. The van der Waals surface area contributed by atoms with Gasteiger partial charge in [0, 0.05) is 24.1 Å². The maximum Gasteiger partial charge on any atom is 0.123 e. The van der Waals surface area contributed by atoms with Crippen LogP contribution >= 0.6 is 15.9 Å². The van der Waals surface area contributed by atoms with Gasteiger partial charge in [-0.3, -0.25) is 0 Å². The Morgan fingerprint density at radius 2 is 2.06 bits per heavy atom. The average Bonchev–Trinajstić information content (AvgIpc) is 2.82. The monoisotopic (exact) mass is 300 g/mol. The molecule has 4 heteroatoms. The fourth-order valence-corrected chi connectivity index (χ4v) is 2.53. The van der Waals surface area contributed by atoms with Crippen LogP contribution in [0.25, 0.3) is 0 Å². The van der Waals surface area contributed by atoms with Crippen molar-refractivity contribution in [3.63, 3.8) is 0 Å². The minimum absolute atomic E-state index is 0.176. The Hall–Kier alpha value is -0.450. The fourth-order valence-electron chi connectivity index (χ4n) is 2.15. The highest BCUT2D eigenvalue weighted by Gasteiger charge is 2.10. The second-order valence-electron chi connectivity index (χ2n) is 4.46. The summed E-state index contributed by atoms with van der Waals surface area (Å²) in [6.07, 6.45) is 2.66. The lowest BCUT2D eigenvalue weighted by Gasteiger charge is -2.15. The number of benzene rings is 1. The van der Waals surface area contributed by atoms with Crippen LogP contribution in [0, 0.1) is 5.82 Å². The molecule has 2 rings (SSSR count). The molecule has 0 amide bonds. The van der Waals surface area contributed by atoms with Gasteiger partial charge in [-0.15, -0.1) is 0 Å². The molecule has 1 heterocycles. The Morgan fingerprint density at radius 1 is 1.29 bits per heavy atom. The van der Waals surface area contributed by atoms with Crippen LogP contribution in [-0.2, 0) is 6.54 Å². The van der Waals surface area contributed by atoms with Crippen LogP contribution in [0.15, 0.2) is 22.7 Å². The molecule has 0 saturated carbocycles. The van der Waals surface area contributed by atoms with Crippen LogP contribution in [0.3, 0.4) is 0 Å². The Labute approximate surface area is 110 Å². The summed E-state index contributed by atoms with van der Waals surface area (Å²) < 4.78 is 14.0. The first kappa shape index (κ1) is 13.0. The van der Waals surface area contributed by atoms with Gasteiger partial charge in [0.15, 0.2) is 0 Å². The van der Waals surface area contributed by atoms with Crippen LogP contribution in [0.1, 0.15) is 18.4 Å². The van der Waals surface area contributed by atoms with E-state index in [0.29, 0.717) is 6.54 Å². The zero-order chi connectivity index (χ0) is 12.1. The number of hydrogen-bond acceptors (Lipinski definition) is 2. The first-order valence-corrected chi connectivity index (χ1v) is 6.92. The van der Waals surface area contributed by atoms with E-state index in [1.807, 2.05) is 0 Å². The van der Waals surface area contributed by atoms with E-state index in [4.69, 9.17) is 0 Å². The van der Waals surface area contributed by atoms with Gasteiger partial charge >= 0.3 is 0 Å².